The normalized spacial score (nSPS) is 11.7. The van der Waals surface area contributed by atoms with Crippen LogP contribution in [0.2, 0.25) is 0 Å². The van der Waals surface area contributed by atoms with Gasteiger partial charge in [-0.1, -0.05) is 100 Å². The van der Waals surface area contributed by atoms with Crippen LogP contribution in [0.15, 0.2) is 78.9 Å². The summed E-state index contributed by atoms with van der Waals surface area (Å²) in [4.78, 5) is 7.65. The van der Waals surface area contributed by atoms with Crippen molar-refractivity contribution in [2.24, 2.45) is 0 Å². The van der Waals surface area contributed by atoms with Crippen molar-refractivity contribution in [1.82, 2.24) is 0 Å². The zero-order chi connectivity index (χ0) is 21.7. The zero-order valence-electron chi connectivity index (χ0n) is 17.1. The second-order valence-corrected chi connectivity index (χ2v) is 10.8. The number of aromatic hydroxyl groups is 1. The SMILES string of the molecule is CC(C)(c1ccccc1)c1ccc(O)c(C(C)(C)c2ccccc2)c1.OP(Cl)Cl. The largest absolute Gasteiger partial charge is 0.508 e. The molecule has 0 saturated heterocycles. The van der Waals surface area contributed by atoms with E-state index in [-0.39, 0.29) is 10.8 Å². The van der Waals surface area contributed by atoms with Gasteiger partial charge in [0.2, 0.25) is 6.85 Å². The number of hydrogen-bond donors (Lipinski definition) is 2. The maximum atomic E-state index is 10.6. The van der Waals surface area contributed by atoms with Gasteiger partial charge < -0.3 is 10.00 Å². The van der Waals surface area contributed by atoms with Gasteiger partial charge in [0.1, 0.15) is 5.75 Å². The standard InChI is InChI=1S/C24H26O.Cl2HOP/c1-23(2,18-11-7-5-8-12-18)20-15-16-22(25)21(17-20)24(3,4)19-13-9-6-10-14-19;1-4(2)3/h5-17,25H,1-4H3;3H. The summed E-state index contributed by atoms with van der Waals surface area (Å²) in [7, 11) is 0. The van der Waals surface area contributed by atoms with Crippen LogP contribution >= 0.6 is 29.3 Å². The molecule has 0 atom stereocenters. The monoisotopic (exact) mass is 448 g/mol. The molecule has 3 aromatic carbocycles. The van der Waals surface area contributed by atoms with Crippen molar-refractivity contribution < 1.29 is 10.00 Å². The molecular weight excluding hydrogens is 422 g/mol. The van der Waals surface area contributed by atoms with Gasteiger partial charge in [-0.25, -0.2) is 0 Å². The van der Waals surface area contributed by atoms with Crippen molar-refractivity contribution in [1.29, 1.82) is 0 Å². The molecule has 0 unspecified atom stereocenters. The van der Waals surface area contributed by atoms with Crippen LogP contribution in [0.5, 0.6) is 5.75 Å². The van der Waals surface area contributed by atoms with Gasteiger partial charge in [-0.05, 0) is 45.2 Å². The van der Waals surface area contributed by atoms with Gasteiger partial charge in [-0.3, -0.25) is 0 Å². The zero-order valence-corrected chi connectivity index (χ0v) is 19.5. The van der Waals surface area contributed by atoms with Crippen LogP contribution in [0.1, 0.15) is 49.9 Å². The second-order valence-electron chi connectivity index (χ2n) is 7.93. The highest BCUT2D eigenvalue weighted by atomic mass is 35.9. The molecule has 0 spiro atoms. The molecule has 0 aromatic heterocycles. The molecule has 0 fully saturated rings. The summed E-state index contributed by atoms with van der Waals surface area (Å²) in [5.74, 6) is 0.349. The van der Waals surface area contributed by atoms with Gasteiger partial charge in [0, 0.05) is 16.4 Å². The molecule has 5 heteroatoms. The first kappa shape index (κ1) is 23.7. The summed E-state index contributed by atoms with van der Waals surface area (Å²) in [6.07, 6.45) is 0. The lowest BCUT2D eigenvalue weighted by atomic mass is 9.73. The third-order valence-electron chi connectivity index (χ3n) is 5.38. The van der Waals surface area contributed by atoms with Crippen LogP contribution in [0.3, 0.4) is 0 Å². The minimum atomic E-state index is -1.68. The molecule has 0 radical (unpaired) electrons. The molecule has 0 aliphatic carbocycles. The molecule has 3 aromatic rings. The van der Waals surface area contributed by atoms with E-state index in [0.717, 1.165) is 5.56 Å². The second kappa shape index (κ2) is 9.96. The van der Waals surface area contributed by atoms with Crippen LogP contribution in [0.4, 0.5) is 0 Å². The average Bonchev–Trinajstić information content (AvgIpc) is 2.69. The fourth-order valence-corrected chi connectivity index (χ4v) is 3.46. The molecule has 2 N–H and O–H groups in total. The quantitative estimate of drug-likeness (QED) is 0.400. The summed E-state index contributed by atoms with van der Waals surface area (Å²) in [6.45, 7) is 7.11. The minimum absolute atomic E-state index is 0.128. The lowest BCUT2D eigenvalue weighted by molar-refractivity contribution is 0.451. The van der Waals surface area contributed by atoms with Gasteiger partial charge in [0.05, 0.1) is 0 Å². The number of phenolic OH excluding ortho intramolecular Hbond substituents is 1. The van der Waals surface area contributed by atoms with Gasteiger partial charge in [0.25, 0.3) is 0 Å². The molecule has 154 valence electrons. The summed E-state index contributed by atoms with van der Waals surface area (Å²) >= 11 is 9.32. The van der Waals surface area contributed by atoms with Crippen LogP contribution < -0.4 is 0 Å². The summed E-state index contributed by atoms with van der Waals surface area (Å²) in [5, 5.41) is 10.6. The molecule has 0 aliphatic heterocycles. The van der Waals surface area contributed by atoms with Gasteiger partial charge in [-0.2, -0.15) is 0 Å². The third kappa shape index (κ3) is 5.96. The Morgan fingerprint density at radius 2 is 1.07 bits per heavy atom. The van der Waals surface area contributed by atoms with Crippen molar-refractivity contribution in [3.05, 3.63) is 101 Å². The van der Waals surface area contributed by atoms with Crippen LogP contribution in [-0.4, -0.2) is 10.00 Å². The fourth-order valence-electron chi connectivity index (χ4n) is 3.46. The minimum Gasteiger partial charge on any atom is -0.508 e. The summed E-state index contributed by atoms with van der Waals surface area (Å²) in [5.41, 5.74) is 4.23. The molecular formula is C24H27Cl2O2P. The molecule has 2 nitrogen and oxygen atoms in total. The van der Waals surface area contributed by atoms with E-state index < -0.39 is 6.85 Å². The number of hydrogen-bond acceptors (Lipinski definition) is 2. The maximum Gasteiger partial charge on any atom is 0.222 e. The molecule has 3 rings (SSSR count). The molecule has 0 aliphatic rings. The predicted octanol–water partition coefficient (Wildman–Crippen LogP) is 7.73. The van der Waals surface area contributed by atoms with E-state index >= 15 is 0 Å². The molecule has 0 saturated carbocycles. The van der Waals surface area contributed by atoms with Crippen molar-refractivity contribution in [3.63, 3.8) is 0 Å². The van der Waals surface area contributed by atoms with Gasteiger partial charge in [-0.15, -0.1) is 0 Å². The van der Waals surface area contributed by atoms with Crippen LogP contribution in [0.25, 0.3) is 0 Å². The molecule has 0 amide bonds. The highest BCUT2D eigenvalue weighted by molar-refractivity contribution is 7.99. The maximum absolute atomic E-state index is 10.6. The average molecular weight is 449 g/mol. The Balaban J connectivity index is 0.000000687. The Kier molecular flexibility index (Phi) is 8.14. The molecule has 29 heavy (non-hydrogen) atoms. The van der Waals surface area contributed by atoms with Crippen molar-refractivity contribution in [2.45, 2.75) is 38.5 Å². The number of phenols is 1. The van der Waals surface area contributed by atoms with E-state index in [0.29, 0.717) is 5.75 Å². The summed E-state index contributed by atoms with van der Waals surface area (Å²) < 4.78 is 0. The Hall–Kier alpha value is -1.57. The molecule has 0 heterocycles. The van der Waals surface area contributed by atoms with E-state index in [1.807, 2.05) is 36.4 Å². The number of rotatable bonds is 4. The highest BCUT2D eigenvalue weighted by Crippen LogP contribution is 2.41. The molecule has 0 bridgehead atoms. The lowest BCUT2D eigenvalue weighted by Crippen LogP contribution is -2.23. The van der Waals surface area contributed by atoms with Crippen LogP contribution in [0, 0.1) is 0 Å². The first-order valence-corrected chi connectivity index (χ1v) is 12.4. The Labute approximate surface area is 184 Å². The fraction of sp³-hybridized carbons (Fsp3) is 0.250. The first-order valence-electron chi connectivity index (χ1n) is 9.32. The number of benzene rings is 3. The lowest BCUT2D eigenvalue weighted by Gasteiger charge is -2.31. The third-order valence-corrected chi connectivity index (χ3v) is 5.38. The van der Waals surface area contributed by atoms with Crippen molar-refractivity contribution in [2.75, 3.05) is 0 Å². The van der Waals surface area contributed by atoms with E-state index in [2.05, 4.69) is 92.6 Å². The van der Waals surface area contributed by atoms with Gasteiger partial charge >= 0.3 is 0 Å². The van der Waals surface area contributed by atoms with Crippen LogP contribution in [-0.2, 0) is 10.8 Å². The van der Waals surface area contributed by atoms with E-state index in [4.69, 9.17) is 4.89 Å². The Morgan fingerprint density at radius 3 is 1.52 bits per heavy atom. The summed E-state index contributed by atoms with van der Waals surface area (Å²) in [6, 6.07) is 26.9. The smallest absolute Gasteiger partial charge is 0.222 e. The Bertz CT molecular complexity index is 908. The van der Waals surface area contributed by atoms with Gasteiger partial charge in [0.15, 0.2) is 0 Å². The Morgan fingerprint density at radius 1 is 0.655 bits per heavy atom. The first-order chi connectivity index (χ1) is 13.6. The van der Waals surface area contributed by atoms with Crippen molar-refractivity contribution >= 4 is 29.3 Å². The topological polar surface area (TPSA) is 40.5 Å². The predicted molar refractivity (Wildman–Crippen MR) is 126 cm³/mol. The van der Waals surface area contributed by atoms with E-state index in [1.54, 1.807) is 0 Å². The van der Waals surface area contributed by atoms with E-state index in [1.165, 1.54) is 16.7 Å². The number of halogens is 2. The highest BCUT2D eigenvalue weighted by Gasteiger charge is 2.29. The van der Waals surface area contributed by atoms with E-state index in [9.17, 15) is 5.11 Å². The van der Waals surface area contributed by atoms with Crippen molar-refractivity contribution in [3.8, 4) is 5.75 Å².